The molecule has 0 spiro atoms. The van der Waals surface area contributed by atoms with Crippen LogP contribution in [0.3, 0.4) is 0 Å². The molecule has 4 heteroatoms. The standard InChI is InChI=1S/C19H23N3O/c1-20-17-9-5-8-16(10-17)14-22-18(12-21-13-19(22)23)11-15-6-3-2-4-7-15/h2-10,18,20-21H,11-14H2,1H3/t18-/m0/s1. The van der Waals surface area contributed by atoms with E-state index in [0.717, 1.165) is 24.2 Å². The number of nitrogens with one attached hydrogen (secondary N) is 2. The van der Waals surface area contributed by atoms with E-state index in [9.17, 15) is 4.79 Å². The first-order valence-electron chi connectivity index (χ1n) is 8.07. The number of hydrogen-bond acceptors (Lipinski definition) is 3. The van der Waals surface area contributed by atoms with Crippen LogP contribution >= 0.6 is 0 Å². The molecule has 0 bridgehead atoms. The van der Waals surface area contributed by atoms with Crippen molar-refractivity contribution in [3.05, 3.63) is 65.7 Å². The molecule has 2 aromatic carbocycles. The third kappa shape index (κ3) is 3.90. The van der Waals surface area contributed by atoms with Crippen LogP contribution in [0, 0.1) is 0 Å². The third-order valence-electron chi connectivity index (χ3n) is 4.30. The Kier molecular flexibility index (Phi) is 4.93. The largest absolute Gasteiger partial charge is 0.388 e. The minimum atomic E-state index is 0.173. The summed E-state index contributed by atoms with van der Waals surface area (Å²) in [6, 6.07) is 18.8. The minimum absolute atomic E-state index is 0.173. The molecule has 0 aliphatic carbocycles. The van der Waals surface area contributed by atoms with Crippen molar-refractivity contribution in [1.29, 1.82) is 0 Å². The van der Waals surface area contributed by atoms with Crippen LogP contribution < -0.4 is 10.6 Å². The number of anilines is 1. The van der Waals surface area contributed by atoms with Crippen LogP contribution in [-0.4, -0.2) is 37.0 Å². The Morgan fingerprint density at radius 1 is 1.13 bits per heavy atom. The van der Waals surface area contributed by atoms with Crippen LogP contribution in [0.2, 0.25) is 0 Å². The van der Waals surface area contributed by atoms with Crippen molar-refractivity contribution in [1.82, 2.24) is 10.2 Å². The lowest BCUT2D eigenvalue weighted by Crippen LogP contribution is -2.55. The molecule has 1 amide bonds. The summed E-state index contributed by atoms with van der Waals surface area (Å²) in [6.07, 6.45) is 0.880. The summed E-state index contributed by atoms with van der Waals surface area (Å²) in [4.78, 5) is 14.4. The molecule has 1 aliphatic heterocycles. The van der Waals surface area contributed by atoms with Gasteiger partial charge >= 0.3 is 0 Å². The van der Waals surface area contributed by atoms with Gasteiger partial charge in [-0.3, -0.25) is 4.79 Å². The first-order chi connectivity index (χ1) is 11.3. The number of nitrogens with zero attached hydrogens (tertiary/aromatic N) is 1. The Balaban J connectivity index is 1.76. The van der Waals surface area contributed by atoms with Gasteiger partial charge in [0.1, 0.15) is 0 Å². The molecule has 2 N–H and O–H groups in total. The highest BCUT2D eigenvalue weighted by molar-refractivity contribution is 5.79. The number of benzene rings is 2. The molecule has 1 fully saturated rings. The van der Waals surface area contributed by atoms with Crippen LogP contribution in [0.25, 0.3) is 0 Å². The van der Waals surface area contributed by atoms with E-state index < -0.39 is 0 Å². The van der Waals surface area contributed by atoms with Gasteiger partial charge in [-0.25, -0.2) is 0 Å². The normalized spacial score (nSPS) is 18.0. The van der Waals surface area contributed by atoms with Crippen LogP contribution in [0.15, 0.2) is 54.6 Å². The first kappa shape index (κ1) is 15.6. The van der Waals surface area contributed by atoms with E-state index in [1.165, 1.54) is 5.56 Å². The summed E-state index contributed by atoms with van der Waals surface area (Å²) >= 11 is 0. The Labute approximate surface area is 137 Å². The maximum Gasteiger partial charge on any atom is 0.237 e. The third-order valence-corrected chi connectivity index (χ3v) is 4.30. The molecular weight excluding hydrogens is 286 g/mol. The molecule has 1 aliphatic rings. The van der Waals surface area contributed by atoms with Gasteiger partial charge in [-0.1, -0.05) is 42.5 Å². The van der Waals surface area contributed by atoms with E-state index in [2.05, 4.69) is 34.9 Å². The van der Waals surface area contributed by atoms with Crippen molar-refractivity contribution in [3.8, 4) is 0 Å². The highest BCUT2D eigenvalue weighted by Gasteiger charge is 2.27. The van der Waals surface area contributed by atoms with Gasteiger partial charge in [-0.15, -0.1) is 0 Å². The fourth-order valence-electron chi connectivity index (χ4n) is 3.07. The zero-order valence-electron chi connectivity index (χ0n) is 13.5. The minimum Gasteiger partial charge on any atom is -0.388 e. The van der Waals surface area contributed by atoms with Gasteiger partial charge in [0.2, 0.25) is 5.91 Å². The summed E-state index contributed by atoms with van der Waals surface area (Å²) < 4.78 is 0. The Morgan fingerprint density at radius 3 is 2.70 bits per heavy atom. The van der Waals surface area contributed by atoms with Gasteiger partial charge in [-0.2, -0.15) is 0 Å². The quantitative estimate of drug-likeness (QED) is 0.890. The number of carbonyl (C=O) groups excluding carboxylic acids is 1. The van der Waals surface area contributed by atoms with E-state index in [1.807, 2.05) is 42.3 Å². The van der Waals surface area contributed by atoms with Crippen molar-refractivity contribution in [2.24, 2.45) is 0 Å². The van der Waals surface area contributed by atoms with Crippen molar-refractivity contribution in [2.75, 3.05) is 25.5 Å². The monoisotopic (exact) mass is 309 g/mol. The smallest absolute Gasteiger partial charge is 0.237 e. The van der Waals surface area contributed by atoms with Crippen LogP contribution in [0.1, 0.15) is 11.1 Å². The second-order valence-electron chi connectivity index (χ2n) is 5.95. The van der Waals surface area contributed by atoms with Gasteiger partial charge in [-0.05, 0) is 29.7 Å². The molecule has 0 saturated carbocycles. The molecule has 1 heterocycles. The van der Waals surface area contributed by atoms with Crippen LogP contribution in [-0.2, 0) is 17.8 Å². The molecular formula is C19H23N3O. The molecule has 1 saturated heterocycles. The fourth-order valence-corrected chi connectivity index (χ4v) is 3.07. The molecule has 23 heavy (non-hydrogen) atoms. The van der Waals surface area contributed by atoms with Crippen LogP contribution in [0.4, 0.5) is 5.69 Å². The molecule has 2 aromatic rings. The lowest BCUT2D eigenvalue weighted by molar-refractivity contribution is -0.135. The van der Waals surface area contributed by atoms with E-state index in [0.29, 0.717) is 13.1 Å². The highest BCUT2D eigenvalue weighted by Crippen LogP contribution is 2.17. The summed E-state index contributed by atoms with van der Waals surface area (Å²) in [6.45, 7) is 1.93. The van der Waals surface area contributed by atoms with Crippen molar-refractivity contribution in [2.45, 2.75) is 19.0 Å². The summed E-state index contributed by atoms with van der Waals surface area (Å²) in [5.74, 6) is 0.173. The topological polar surface area (TPSA) is 44.4 Å². The van der Waals surface area contributed by atoms with E-state index in [4.69, 9.17) is 0 Å². The van der Waals surface area contributed by atoms with E-state index >= 15 is 0 Å². The van der Waals surface area contributed by atoms with Gasteiger partial charge in [0.25, 0.3) is 0 Å². The number of rotatable bonds is 5. The van der Waals surface area contributed by atoms with Gasteiger partial charge in [0.15, 0.2) is 0 Å². The first-order valence-corrected chi connectivity index (χ1v) is 8.07. The molecule has 0 radical (unpaired) electrons. The fraction of sp³-hybridized carbons (Fsp3) is 0.316. The maximum atomic E-state index is 12.4. The molecule has 0 unspecified atom stereocenters. The zero-order valence-corrected chi connectivity index (χ0v) is 13.5. The molecule has 3 rings (SSSR count). The van der Waals surface area contributed by atoms with Gasteiger partial charge in [0, 0.05) is 31.9 Å². The van der Waals surface area contributed by atoms with Crippen molar-refractivity contribution >= 4 is 11.6 Å². The Morgan fingerprint density at radius 2 is 1.91 bits per heavy atom. The molecule has 0 aromatic heterocycles. The summed E-state index contributed by atoms with van der Waals surface area (Å²) in [5, 5.41) is 6.39. The second kappa shape index (κ2) is 7.29. The van der Waals surface area contributed by atoms with Crippen molar-refractivity contribution < 1.29 is 4.79 Å². The lowest BCUT2D eigenvalue weighted by Gasteiger charge is -2.36. The second-order valence-corrected chi connectivity index (χ2v) is 5.95. The Hall–Kier alpha value is -2.33. The summed E-state index contributed by atoms with van der Waals surface area (Å²) in [5.41, 5.74) is 3.50. The lowest BCUT2D eigenvalue weighted by atomic mass is 10.0. The SMILES string of the molecule is CNc1cccc(CN2C(=O)CNC[C@@H]2Cc2ccccc2)c1. The number of hydrogen-bond donors (Lipinski definition) is 2. The van der Waals surface area contributed by atoms with Crippen molar-refractivity contribution in [3.63, 3.8) is 0 Å². The average molecular weight is 309 g/mol. The Bertz CT molecular complexity index is 657. The number of amides is 1. The number of carbonyl (C=O) groups is 1. The van der Waals surface area contributed by atoms with E-state index in [-0.39, 0.29) is 11.9 Å². The van der Waals surface area contributed by atoms with Crippen LogP contribution in [0.5, 0.6) is 0 Å². The van der Waals surface area contributed by atoms with Gasteiger partial charge < -0.3 is 15.5 Å². The molecule has 120 valence electrons. The summed E-state index contributed by atoms with van der Waals surface area (Å²) in [7, 11) is 1.91. The maximum absolute atomic E-state index is 12.4. The number of piperazine rings is 1. The van der Waals surface area contributed by atoms with Gasteiger partial charge in [0.05, 0.1) is 6.54 Å². The average Bonchev–Trinajstić information content (AvgIpc) is 2.59. The highest BCUT2D eigenvalue weighted by atomic mass is 16.2. The molecule has 1 atom stereocenters. The molecule has 4 nitrogen and oxygen atoms in total. The van der Waals surface area contributed by atoms with E-state index in [1.54, 1.807) is 0 Å². The predicted molar refractivity (Wildman–Crippen MR) is 93.3 cm³/mol. The predicted octanol–water partition coefficient (Wildman–Crippen LogP) is 2.27. The zero-order chi connectivity index (χ0) is 16.1.